The zero-order valence-corrected chi connectivity index (χ0v) is 22.0. The van der Waals surface area contributed by atoms with Crippen molar-refractivity contribution in [1.29, 1.82) is 0 Å². The molecule has 0 bridgehead atoms. The van der Waals surface area contributed by atoms with Crippen molar-refractivity contribution in [2.24, 2.45) is 10.2 Å². The number of ether oxygens (including phenoxy) is 1. The van der Waals surface area contributed by atoms with Gasteiger partial charge in [0.05, 0.1) is 28.6 Å². The van der Waals surface area contributed by atoms with Crippen LogP contribution in [-0.2, 0) is 16.5 Å². The van der Waals surface area contributed by atoms with Crippen LogP contribution in [0.25, 0.3) is 10.8 Å². The molecule has 1 amide bonds. The number of aromatic hydroxyl groups is 1. The first-order valence-corrected chi connectivity index (χ1v) is 13.5. The maximum Gasteiger partial charge on any atom is 0.296 e. The molecule has 38 heavy (non-hydrogen) atoms. The zero-order chi connectivity index (χ0) is 27.4. The molecule has 0 saturated carbocycles. The third-order valence-electron chi connectivity index (χ3n) is 5.75. The molecule has 0 unspecified atom stereocenters. The summed E-state index contributed by atoms with van der Waals surface area (Å²) in [5.41, 5.74) is 1.05. The summed E-state index contributed by atoms with van der Waals surface area (Å²) in [6, 6.07) is 18.0. The molecule has 11 heteroatoms. The molecule has 0 aliphatic rings. The molecule has 196 valence electrons. The Hall–Kier alpha value is -3.99. The molecule has 4 aromatic rings. The van der Waals surface area contributed by atoms with E-state index in [4.69, 9.17) is 16.3 Å². The highest BCUT2D eigenvalue weighted by Gasteiger charge is 2.21. The Morgan fingerprint density at radius 1 is 1.03 bits per heavy atom. The van der Waals surface area contributed by atoms with Crippen LogP contribution in [0.15, 0.2) is 81.9 Å². The Bertz CT molecular complexity index is 1670. The maximum absolute atomic E-state index is 13.2. The molecular formula is C27H24ClN3O6S. The van der Waals surface area contributed by atoms with E-state index < -0.39 is 26.7 Å². The van der Waals surface area contributed by atoms with Crippen LogP contribution in [0.3, 0.4) is 0 Å². The Morgan fingerprint density at radius 2 is 1.74 bits per heavy atom. The van der Waals surface area contributed by atoms with E-state index in [2.05, 4.69) is 15.5 Å². The van der Waals surface area contributed by atoms with Crippen molar-refractivity contribution in [2.45, 2.75) is 25.2 Å². The van der Waals surface area contributed by atoms with Gasteiger partial charge in [0.15, 0.2) is 5.75 Å². The van der Waals surface area contributed by atoms with Crippen molar-refractivity contribution in [3.63, 3.8) is 0 Å². The summed E-state index contributed by atoms with van der Waals surface area (Å²) < 4.78 is 38.3. The van der Waals surface area contributed by atoms with E-state index >= 15 is 0 Å². The monoisotopic (exact) mass is 553 g/mol. The fourth-order valence-corrected chi connectivity index (χ4v) is 5.13. The number of amides is 1. The van der Waals surface area contributed by atoms with E-state index in [1.165, 1.54) is 6.07 Å². The predicted octanol–water partition coefficient (Wildman–Crippen LogP) is 7.07. The molecule has 0 aliphatic carbocycles. The van der Waals surface area contributed by atoms with E-state index in [1.54, 1.807) is 61.5 Å². The number of rotatable bonds is 8. The first-order valence-electron chi connectivity index (χ1n) is 11.6. The SMILES string of the molecule is CCOc1ccccc1NC(=O)c1cc2ccccc2c(N=Nc2ccc(S(=O)(=O)O)c(Cl)c2CC)c1O. The summed E-state index contributed by atoms with van der Waals surface area (Å²) >= 11 is 6.23. The van der Waals surface area contributed by atoms with Crippen LogP contribution < -0.4 is 10.1 Å². The quantitative estimate of drug-likeness (QED) is 0.157. The van der Waals surface area contributed by atoms with Crippen molar-refractivity contribution in [3.05, 3.63) is 82.9 Å². The highest BCUT2D eigenvalue weighted by atomic mass is 35.5. The topological polar surface area (TPSA) is 138 Å². The van der Waals surface area contributed by atoms with Crippen molar-refractivity contribution in [1.82, 2.24) is 0 Å². The van der Waals surface area contributed by atoms with Gasteiger partial charge in [0.1, 0.15) is 16.3 Å². The minimum Gasteiger partial charge on any atom is -0.505 e. The average Bonchev–Trinajstić information content (AvgIpc) is 2.88. The van der Waals surface area contributed by atoms with E-state index in [1.807, 2.05) is 6.92 Å². The van der Waals surface area contributed by atoms with Crippen LogP contribution in [0.2, 0.25) is 5.02 Å². The van der Waals surface area contributed by atoms with Crippen LogP contribution in [0.1, 0.15) is 29.8 Å². The van der Waals surface area contributed by atoms with Gasteiger partial charge in [-0.3, -0.25) is 9.35 Å². The summed E-state index contributed by atoms with van der Waals surface area (Å²) in [5.74, 6) is -0.481. The lowest BCUT2D eigenvalue weighted by molar-refractivity contribution is 0.102. The van der Waals surface area contributed by atoms with E-state index in [-0.39, 0.29) is 22.0 Å². The lowest BCUT2D eigenvalue weighted by Crippen LogP contribution is -2.13. The van der Waals surface area contributed by atoms with E-state index in [0.29, 0.717) is 40.8 Å². The number of halogens is 1. The predicted molar refractivity (Wildman–Crippen MR) is 146 cm³/mol. The van der Waals surface area contributed by atoms with Gasteiger partial charge in [-0.2, -0.15) is 13.5 Å². The second kappa shape index (κ2) is 11.2. The molecule has 4 rings (SSSR count). The number of phenolic OH excluding ortho intramolecular Hbond substituents is 1. The number of benzene rings is 4. The normalized spacial score (nSPS) is 11.7. The number of para-hydroxylation sites is 2. The number of carbonyl (C=O) groups is 1. The largest absolute Gasteiger partial charge is 0.505 e. The fraction of sp³-hybridized carbons (Fsp3) is 0.148. The number of nitrogens with one attached hydrogen (secondary N) is 1. The molecule has 0 aliphatic heterocycles. The second-order valence-electron chi connectivity index (χ2n) is 8.13. The minimum atomic E-state index is -4.53. The lowest BCUT2D eigenvalue weighted by Gasteiger charge is -2.14. The van der Waals surface area contributed by atoms with Crippen LogP contribution in [0, 0.1) is 0 Å². The molecule has 3 N–H and O–H groups in total. The summed E-state index contributed by atoms with van der Waals surface area (Å²) in [6.07, 6.45) is 0.297. The molecule has 0 aromatic heterocycles. The minimum absolute atomic E-state index is 0.0283. The summed E-state index contributed by atoms with van der Waals surface area (Å²) in [4.78, 5) is 12.8. The number of hydrogen-bond donors (Lipinski definition) is 3. The number of anilines is 1. The molecule has 9 nitrogen and oxygen atoms in total. The first-order chi connectivity index (χ1) is 18.2. The van der Waals surface area contributed by atoms with Gasteiger partial charge in [-0.05, 0) is 54.6 Å². The first kappa shape index (κ1) is 27.1. The Balaban J connectivity index is 1.80. The maximum atomic E-state index is 13.2. The molecule has 0 saturated heterocycles. The van der Waals surface area contributed by atoms with Crippen LogP contribution in [0.5, 0.6) is 11.5 Å². The van der Waals surface area contributed by atoms with Crippen molar-refractivity contribution in [3.8, 4) is 11.5 Å². The molecule has 4 aromatic carbocycles. The molecular weight excluding hydrogens is 530 g/mol. The summed E-state index contributed by atoms with van der Waals surface area (Å²) in [6.45, 7) is 3.98. The molecule has 0 heterocycles. The van der Waals surface area contributed by atoms with Crippen molar-refractivity contribution >= 4 is 55.5 Å². The van der Waals surface area contributed by atoms with Gasteiger partial charge in [-0.25, -0.2) is 0 Å². The van der Waals surface area contributed by atoms with Crippen LogP contribution >= 0.6 is 11.6 Å². The van der Waals surface area contributed by atoms with Crippen molar-refractivity contribution < 1.29 is 27.6 Å². The fourth-order valence-electron chi connectivity index (χ4n) is 3.96. The van der Waals surface area contributed by atoms with E-state index in [0.717, 1.165) is 6.07 Å². The number of carbonyl (C=O) groups excluding carboxylic acids is 1. The molecule has 0 radical (unpaired) electrons. The van der Waals surface area contributed by atoms with Gasteiger partial charge in [-0.15, -0.1) is 5.11 Å². The van der Waals surface area contributed by atoms with Crippen LogP contribution in [-0.4, -0.2) is 30.6 Å². The highest BCUT2D eigenvalue weighted by molar-refractivity contribution is 7.86. The molecule has 0 atom stereocenters. The standard InChI is InChI=1S/C27H24ClN3O6S/c1-3-17-20(13-14-23(24(17)28)38(34,35)36)30-31-25-18-10-6-5-9-16(18)15-19(26(25)32)27(33)29-21-11-7-8-12-22(21)37-4-2/h5-15,32H,3-4H2,1-2H3,(H,29,33)(H,34,35,36). The van der Waals surface area contributed by atoms with Gasteiger partial charge in [0.25, 0.3) is 16.0 Å². The second-order valence-corrected chi connectivity index (χ2v) is 9.90. The molecule has 0 spiro atoms. The van der Waals surface area contributed by atoms with Gasteiger partial charge in [-0.1, -0.05) is 54.9 Å². The third kappa shape index (κ3) is 5.47. The number of nitrogens with zero attached hydrogens (tertiary/aromatic N) is 2. The summed E-state index contributed by atoms with van der Waals surface area (Å²) in [5, 5.41) is 23.4. The Morgan fingerprint density at radius 3 is 2.45 bits per heavy atom. The summed E-state index contributed by atoms with van der Waals surface area (Å²) in [7, 11) is -4.53. The van der Waals surface area contributed by atoms with E-state index in [9.17, 15) is 22.9 Å². The highest BCUT2D eigenvalue weighted by Crippen LogP contribution is 2.41. The van der Waals surface area contributed by atoms with Crippen LogP contribution in [0.4, 0.5) is 17.1 Å². The zero-order valence-electron chi connectivity index (χ0n) is 20.5. The van der Waals surface area contributed by atoms with Gasteiger partial charge in [0, 0.05) is 5.39 Å². The Kier molecular flexibility index (Phi) is 7.96. The number of hydrogen-bond acceptors (Lipinski definition) is 7. The molecule has 0 fully saturated rings. The van der Waals surface area contributed by atoms with Gasteiger partial charge in [0.2, 0.25) is 0 Å². The van der Waals surface area contributed by atoms with Gasteiger partial charge >= 0.3 is 0 Å². The third-order valence-corrected chi connectivity index (χ3v) is 7.19. The van der Waals surface area contributed by atoms with Gasteiger partial charge < -0.3 is 15.2 Å². The number of phenols is 1. The number of azo groups is 1. The lowest BCUT2D eigenvalue weighted by atomic mass is 10.0. The Labute approximate surface area is 224 Å². The average molecular weight is 554 g/mol. The number of fused-ring (bicyclic) bond motifs is 1. The smallest absolute Gasteiger partial charge is 0.296 e. The van der Waals surface area contributed by atoms with Crippen molar-refractivity contribution in [2.75, 3.05) is 11.9 Å².